The lowest BCUT2D eigenvalue weighted by atomic mass is 10.3. The number of aromatic nitrogens is 2. The summed E-state index contributed by atoms with van der Waals surface area (Å²) in [5, 5.41) is 9.74. The molecular formula is C9H7Cl2N3OS. The molecule has 7 heteroatoms. The Hall–Kier alpha value is -0.880. The monoisotopic (exact) mass is 275 g/mol. The van der Waals surface area contributed by atoms with Crippen molar-refractivity contribution in [3.63, 3.8) is 0 Å². The number of halogens is 2. The SMILES string of the molecule is NCc1nnc(Oc2ccc(Cl)cc2Cl)s1. The third kappa shape index (κ3) is 2.62. The van der Waals surface area contributed by atoms with E-state index in [-0.39, 0.29) is 0 Å². The lowest BCUT2D eigenvalue weighted by Crippen LogP contribution is -1.94. The van der Waals surface area contributed by atoms with Crippen LogP contribution in [-0.2, 0) is 6.54 Å². The molecule has 2 N–H and O–H groups in total. The fraction of sp³-hybridized carbons (Fsp3) is 0.111. The van der Waals surface area contributed by atoms with E-state index in [1.807, 2.05) is 0 Å². The Bertz CT molecular complexity index is 503. The van der Waals surface area contributed by atoms with Crippen LogP contribution in [-0.4, -0.2) is 10.2 Å². The Kier molecular flexibility index (Phi) is 3.60. The van der Waals surface area contributed by atoms with Gasteiger partial charge >= 0.3 is 0 Å². The molecule has 16 heavy (non-hydrogen) atoms. The van der Waals surface area contributed by atoms with Crippen LogP contribution in [0.15, 0.2) is 18.2 Å². The quantitative estimate of drug-likeness (QED) is 0.935. The number of hydrogen-bond acceptors (Lipinski definition) is 5. The van der Waals surface area contributed by atoms with Gasteiger partial charge in [-0.15, -0.1) is 5.10 Å². The lowest BCUT2D eigenvalue weighted by Gasteiger charge is -2.03. The molecule has 0 fully saturated rings. The van der Waals surface area contributed by atoms with Gasteiger partial charge in [-0.2, -0.15) is 0 Å². The van der Waals surface area contributed by atoms with E-state index >= 15 is 0 Å². The van der Waals surface area contributed by atoms with Crippen molar-refractivity contribution in [3.05, 3.63) is 33.3 Å². The molecule has 2 rings (SSSR count). The standard InChI is InChI=1S/C9H7Cl2N3OS/c10-5-1-2-7(6(11)3-5)15-9-14-13-8(4-12)16-9/h1-3H,4,12H2. The molecule has 0 radical (unpaired) electrons. The molecule has 0 atom stereocenters. The normalized spacial score (nSPS) is 10.4. The molecule has 1 aromatic carbocycles. The molecule has 0 saturated heterocycles. The van der Waals surface area contributed by atoms with Crippen LogP contribution in [0.1, 0.15) is 5.01 Å². The van der Waals surface area contributed by atoms with Crippen LogP contribution in [0.25, 0.3) is 0 Å². The maximum atomic E-state index is 5.94. The fourth-order valence-electron chi connectivity index (χ4n) is 1.01. The zero-order chi connectivity index (χ0) is 11.5. The minimum Gasteiger partial charge on any atom is -0.428 e. The highest BCUT2D eigenvalue weighted by Gasteiger charge is 2.08. The highest BCUT2D eigenvalue weighted by molar-refractivity contribution is 7.13. The van der Waals surface area contributed by atoms with Crippen molar-refractivity contribution >= 4 is 34.5 Å². The van der Waals surface area contributed by atoms with E-state index in [0.29, 0.717) is 32.5 Å². The van der Waals surface area contributed by atoms with Crippen LogP contribution >= 0.6 is 34.5 Å². The van der Waals surface area contributed by atoms with Crippen molar-refractivity contribution < 1.29 is 4.74 Å². The molecule has 1 heterocycles. The van der Waals surface area contributed by atoms with Crippen molar-refractivity contribution in [1.29, 1.82) is 0 Å². The molecule has 0 aliphatic carbocycles. The summed E-state index contributed by atoms with van der Waals surface area (Å²) >= 11 is 13.0. The molecule has 0 aliphatic heterocycles. The van der Waals surface area contributed by atoms with Crippen molar-refractivity contribution in [2.24, 2.45) is 5.73 Å². The molecule has 1 aromatic heterocycles. The summed E-state index contributed by atoms with van der Waals surface area (Å²) in [5.74, 6) is 0.491. The topological polar surface area (TPSA) is 61.0 Å². The van der Waals surface area contributed by atoms with E-state index in [4.69, 9.17) is 33.7 Å². The summed E-state index contributed by atoms with van der Waals surface area (Å²) in [6, 6.07) is 4.96. The van der Waals surface area contributed by atoms with Gasteiger partial charge in [-0.1, -0.05) is 39.6 Å². The number of hydrogen-bond donors (Lipinski definition) is 1. The number of nitrogens with two attached hydrogens (primary N) is 1. The third-order valence-electron chi connectivity index (χ3n) is 1.71. The molecule has 0 unspecified atom stereocenters. The Morgan fingerprint density at radius 3 is 2.75 bits per heavy atom. The van der Waals surface area contributed by atoms with Gasteiger partial charge in [0.1, 0.15) is 10.8 Å². The first-order valence-corrected chi connectivity index (χ1v) is 5.91. The van der Waals surface area contributed by atoms with E-state index in [2.05, 4.69) is 10.2 Å². The van der Waals surface area contributed by atoms with Crippen molar-refractivity contribution in [2.45, 2.75) is 6.54 Å². The van der Waals surface area contributed by atoms with Crippen LogP contribution in [0.2, 0.25) is 10.0 Å². The Morgan fingerprint density at radius 1 is 1.31 bits per heavy atom. The van der Waals surface area contributed by atoms with Gasteiger partial charge in [-0.3, -0.25) is 0 Å². The van der Waals surface area contributed by atoms with E-state index in [0.717, 1.165) is 0 Å². The van der Waals surface area contributed by atoms with Gasteiger partial charge in [0.2, 0.25) is 0 Å². The number of nitrogens with zero attached hydrogens (tertiary/aromatic N) is 2. The average Bonchev–Trinajstić information content (AvgIpc) is 2.70. The van der Waals surface area contributed by atoms with Gasteiger partial charge < -0.3 is 10.5 Å². The smallest absolute Gasteiger partial charge is 0.299 e. The highest BCUT2D eigenvalue weighted by atomic mass is 35.5. The first-order chi connectivity index (χ1) is 7.69. The van der Waals surface area contributed by atoms with Crippen molar-refractivity contribution in [1.82, 2.24) is 10.2 Å². The number of benzene rings is 1. The molecule has 2 aromatic rings. The summed E-state index contributed by atoms with van der Waals surface area (Å²) in [5.41, 5.74) is 5.42. The predicted octanol–water partition coefficient (Wildman–Crippen LogP) is 3.10. The van der Waals surface area contributed by atoms with E-state index in [1.54, 1.807) is 18.2 Å². The van der Waals surface area contributed by atoms with Gasteiger partial charge in [0.25, 0.3) is 5.19 Å². The maximum absolute atomic E-state index is 5.94. The molecule has 0 amide bonds. The van der Waals surface area contributed by atoms with Crippen molar-refractivity contribution in [3.8, 4) is 10.9 Å². The minimum atomic E-state index is 0.343. The first kappa shape index (κ1) is 11.6. The molecule has 0 spiro atoms. The van der Waals surface area contributed by atoms with Crippen LogP contribution in [0.5, 0.6) is 10.9 Å². The summed E-state index contributed by atoms with van der Waals surface area (Å²) < 4.78 is 5.45. The first-order valence-electron chi connectivity index (χ1n) is 4.34. The highest BCUT2D eigenvalue weighted by Crippen LogP contribution is 2.32. The second kappa shape index (κ2) is 4.97. The summed E-state index contributed by atoms with van der Waals surface area (Å²) in [4.78, 5) is 0. The van der Waals surface area contributed by atoms with E-state index in [9.17, 15) is 0 Å². The second-order valence-electron chi connectivity index (χ2n) is 2.84. The molecular weight excluding hydrogens is 269 g/mol. The van der Waals surface area contributed by atoms with Crippen LogP contribution in [0, 0.1) is 0 Å². The molecule has 0 aliphatic rings. The molecule has 0 bridgehead atoms. The third-order valence-corrected chi connectivity index (χ3v) is 3.07. The lowest BCUT2D eigenvalue weighted by molar-refractivity contribution is 0.473. The number of ether oxygens (including phenoxy) is 1. The summed E-state index contributed by atoms with van der Waals surface area (Å²) in [7, 11) is 0. The second-order valence-corrected chi connectivity index (χ2v) is 4.71. The Labute approximate surface area is 106 Å². The predicted molar refractivity (Wildman–Crippen MR) is 64.3 cm³/mol. The molecule has 0 saturated carbocycles. The molecule has 4 nitrogen and oxygen atoms in total. The van der Waals surface area contributed by atoms with Gasteiger partial charge in [0.05, 0.1) is 5.02 Å². The number of rotatable bonds is 3. The maximum Gasteiger partial charge on any atom is 0.299 e. The largest absolute Gasteiger partial charge is 0.428 e. The summed E-state index contributed by atoms with van der Waals surface area (Å²) in [6.45, 7) is 0.343. The molecule has 84 valence electrons. The van der Waals surface area contributed by atoms with Gasteiger partial charge in [0.15, 0.2) is 0 Å². The zero-order valence-electron chi connectivity index (χ0n) is 7.98. The van der Waals surface area contributed by atoms with Crippen LogP contribution < -0.4 is 10.5 Å². The average molecular weight is 276 g/mol. The van der Waals surface area contributed by atoms with Gasteiger partial charge in [0, 0.05) is 11.6 Å². The minimum absolute atomic E-state index is 0.343. The van der Waals surface area contributed by atoms with Crippen molar-refractivity contribution in [2.75, 3.05) is 0 Å². The van der Waals surface area contributed by atoms with Gasteiger partial charge in [-0.05, 0) is 18.2 Å². The van der Waals surface area contributed by atoms with E-state index in [1.165, 1.54) is 11.3 Å². The Morgan fingerprint density at radius 2 is 2.12 bits per heavy atom. The Balaban J connectivity index is 2.20. The van der Waals surface area contributed by atoms with E-state index < -0.39 is 0 Å². The van der Waals surface area contributed by atoms with Gasteiger partial charge in [-0.25, -0.2) is 0 Å². The van der Waals surface area contributed by atoms with Crippen LogP contribution in [0.4, 0.5) is 0 Å². The zero-order valence-corrected chi connectivity index (χ0v) is 10.3. The summed E-state index contributed by atoms with van der Waals surface area (Å²) in [6.07, 6.45) is 0. The van der Waals surface area contributed by atoms with Crippen LogP contribution in [0.3, 0.4) is 0 Å². The fourth-order valence-corrected chi connectivity index (χ4v) is 2.04.